The quantitative estimate of drug-likeness (QED) is 0.620. The molecule has 0 atom stereocenters. The van der Waals surface area contributed by atoms with E-state index in [9.17, 15) is 19.2 Å². The Morgan fingerprint density at radius 3 is 2.67 bits per heavy atom. The van der Waals surface area contributed by atoms with E-state index in [1.165, 1.54) is 17.7 Å². The van der Waals surface area contributed by atoms with E-state index < -0.39 is 18.5 Å². The number of ether oxygens (including phenoxy) is 1. The van der Waals surface area contributed by atoms with Gasteiger partial charge in [0.2, 0.25) is 5.91 Å². The zero-order valence-corrected chi connectivity index (χ0v) is 16.3. The van der Waals surface area contributed by atoms with Crippen LogP contribution in [0.25, 0.3) is 10.2 Å². The molecule has 2 heterocycles. The monoisotopic (exact) mass is 394 g/mol. The van der Waals surface area contributed by atoms with Crippen LogP contribution in [0.15, 0.2) is 11.1 Å². The first-order valence-electron chi connectivity index (χ1n) is 8.47. The molecule has 146 valence electrons. The fraction of sp³-hybridized carbons (Fsp3) is 0.471. The maximum atomic E-state index is 12.5. The molecule has 0 saturated carbocycles. The van der Waals surface area contributed by atoms with Gasteiger partial charge in [-0.15, -0.1) is 11.3 Å². The molecule has 2 amide bonds. The van der Waals surface area contributed by atoms with Crippen LogP contribution in [0.3, 0.4) is 0 Å². The summed E-state index contributed by atoms with van der Waals surface area (Å²) in [4.78, 5) is 53.2. The topological polar surface area (TPSA) is 119 Å². The van der Waals surface area contributed by atoms with Crippen molar-refractivity contribution in [3.8, 4) is 0 Å². The molecule has 0 aliphatic heterocycles. The van der Waals surface area contributed by atoms with Crippen LogP contribution >= 0.6 is 11.3 Å². The highest BCUT2D eigenvalue weighted by atomic mass is 32.1. The molecule has 27 heavy (non-hydrogen) atoms. The van der Waals surface area contributed by atoms with Gasteiger partial charge in [-0.1, -0.05) is 6.92 Å². The van der Waals surface area contributed by atoms with Crippen LogP contribution in [-0.4, -0.2) is 47.0 Å². The lowest BCUT2D eigenvalue weighted by atomic mass is 10.2. The first kappa shape index (κ1) is 20.6. The molecule has 0 unspecified atom stereocenters. The van der Waals surface area contributed by atoms with Crippen molar-refractivity contribution >= 4 is 39.3 Å². The van der Waals surface area contributed by atoms with Crippen LogP contribution in [0.2, 0.25) is 0 Å². The lowest BCUT2D eigenvalue weighted by Crippen LogP contribution is -2.39. The number of nitrogens with one attached hydrogen (secondary N) is 2. The van der Waals surface area contributed by atoms with Gasteiger partial charge >= 0.3 is 5.97 Å². The number of amides is 2. The second-order valence-corrected chi connectivity index (χ2v) is 7.13. The number of carbonyl (C=O) groups is 3. The van der Waals surface area contributed by atoms with Crippen LogP contribution in [0.5, 0.6) is 0 Å². The normalized spacial score (nSPS) is 10.6. The molecule has 10 heteroatoms. The molecule has 9 nitrogen and oxygen atoms in total. The van der Waals surface area contributed by atoms with Crippen molar-refractivity contribution in [1.29, 1.82) is 0 Å². The summed E-state index contributed by atoms with van der Waals surface area (Å²) in [6.45, 7) is 5.12. The van der Waals surface area contributed by atoms with E-state index >= 15 is 0 Å². The average molecular weight is 394 g/mol. The number of aryl methyl sites for hydroxylation is 2. The van der Waals surface area contributed by atoms with E-state index in [0.717, 1.165) is 21.4 Å². The maximum absolute atomic E-state index is 12.5. The molecule has 0 bridgehead atoms. The van der Waals surface area contributed by atoms with Crippen LogP contribution in [0, 0.1) is 13.8 Å². The average Bonchev–Trinajstić information content (AvgIpc) is 2.93. The van der Waals surface area contributed by atoms with Gasteiger partial charge in [0.25, 0.3) is 11.5 Å². The Balaban J connectivity index is 1.87. The van der Waals surface area contributed by atoms with Crippen LogP contribution in [0.1, 0.15) is 23.8 Å². The Morgan fingerprint density at radius 2 is 1.96 bits per heavy atom. The third-order valence-corrected chi connectivity index (χ3v) is 4.95. The molecule has 0 radical (unpaired) electrons. The van der Waals surface area contributed by atoms with Gasteiger partial charge < -0.3 is 15.4 Å². The minimum Gasteiger partial charge on any atom is -0.454 e. The minimum atomic E-state index is -0.742. The molecule has 0 aromatic carbocycles. The second-order valence-electron chi connectivity index (χ2n) is 5.93. The lowest BCUT2D eigenvalue weighted by Gasteiger charge is -2.08. The number of aromatic nitrogens is 2. The highest BCUT2D eigenvalue weighted by molar-refractivity contribution is 7.18. The molecular formula is C17H22N4O5S. The Hall–Kier alpha value is -2.75. The maximum Gasteiger partial charge on any atom is 0.326 e. The number of hydrogen-bond acceptors (Lipinski definition) is 7. The van der Waals surface area contributed by atoms with Gasteiger partial charge in [0.1, 0.15) is 11.4 Å². The number of esters is 1. The lowest BCUT2D eigenvalue weighted by molar-refractivity contribution is -0.149. The smallest absolute Gasteiger partial charge is 0.326 e. The minimum absolute atomic E-state index is 0.187. The number of nitrogens with zero attached hydrogens (tertiary/aromatic N) is 2. The van der Waals surface area contributed by atoms with E-state index in [1.54, 1.807) is 0 Å². The van der Waals surface area contributed by atoms with Crippen molar-refractivity contribution in [3.05, 3.63) is 27.1 Å². The highest BCUT2D eigenvalue weighted by Gasteiger charge is 2.15. The Bertz CT molecular complexity index is 918. The molecule has 2 aromatic rings. The fourth-order valence-electron chi connectivity index (χ4n) is 2.27. The zero-order chi connectivity index (χ0) is 20.0. The summed E-state index contributed by atoms with van der Waals surface area (Å²) >= 11 is 1.42. The van der Waals surface area contributed by atoms with Crippen LogP contribution < -0.4 is 16.2 Å². The molecule has 2 aromatic heterocycles. The van der Waals surface area contributed by atoms with Crippen molar-refractivity contribution < 1.29 is 19.1 Å². The Kier molecular flexibility index (Phi) is 7.05. The SMILES string of the molecule is CCCNC(=O)CNC(=O)COC(=O)Cn1cnc2sc(C)c(C)c2c1=O. The Labute approximate surface area is 159 Å². The van der Waals surface area contributed by atoms with Crippen molar-refractivity contribution in [2.24, 2.45) is 0 Å². The largest absolute Gasteiger partial charge is 0.454 e. The number of rotatable bonds is 8. The summed E-state index contributed by atoms with van der Waals surface area (Å²) in [6, 6.07) is 0. The summed E-state index contributed by atoms with van der Waals surface area (Å²) in [5.74, 6) is -1.66. The van der Waals surface area contributed by atoms with Gasteiger partial charge in [-0.05, 0) is 25.8 Å². The van der Waals surface area contributed by atoms with Crippen molar-refractivity contribution in [2.45, 2.75) is 33.7 Å². The number of hydrogen-bond donors (Lipinski definition) is 2. The third kappa shape index (κ3) is 5.36. The Morgan fingerprint density at radius 1 is 1.22 bits per heavy atom. The highest BCUT2D eigenvalue weighted by Crippen LogP contribution is 2.25. The molecule has 2 N–H and O–H groups in total. The standard InChI is InChI=1S/C17H22N4O5S/c1-4-5-18-12(22)6-19-13(23)8-26-14(24)7-21-9-20-16-15(17(21)25)10(2)11(3)27-16/h9H,4-8H2,1-3H3,(H,18,22)(H,19,23). The molecule has 0 aliphatic carbocycles. The summed E-state index contributed by atoms with van der Waals surface area (Å²) in [5.41, 5.74) is 0.520. The first-order valence-corrected chi connectivity index (χ1v) is 9.29. The molecular weight excluding hydrogens is 372 g/mol. The molecule has 2 rings (SSSR count). The van der Waals surface area contributed by atoms with Gasteiger partial charge in [-0.25, -0.2) is 4.98 Å². The molecule has 0 spiro atoms. The van der Waals surface area contributed by atoms with Crippen molar-refractivity contribution in [2.75, 3.05) is 19.7 Å². The van der Waals surface area contributed by atoms with Crippen molar-refractivity contribution in [1.82, 2.24) is 20.2 Å². The number of thiophene rings is 1. The van der Waals surface area contributed by atoms with E-state index in [-0.39, 0.29) is 24.6 Å². The van der Waals surface area contributed by atoms with Crippen LogP contribution in [0.4, 0.5) is 0 Å². The van der Waals surface area contributed by atoms with Gasteiger partial charge in [0, 0.05) is 11.4 Å². The predicted molar refractivity (Wildman–Crippen MR) is 101 cm³/mol. The van der Waals surface area contributed by atoms with Gasteiger partial charge in [-0.2, -0.15) is 0 Å². The van der Waals surface area contributed by atoms with Crippen molar-refractivity contribution in [3.63, 3.8) is 0 Å². The van der Waals surface area contributed by atoms with E-state index in [1.807, 2.05) is 20.8 Å². The summed E-state index contributed by atoms with van der Waals surface area (Å²) in [5, 5.41) is 5.44. The van der Waals surface area contributed by atoms with E-state index in [4.69, 9.17) is 4.74 Å². The molecule has 0 aliphatic rings. The zero-order valence-electron chi connectivity index (χ0n) is 15.5. The summed E-state index contributed by atoms with van der Waals surface area (Å²) in [6.07, 6.45) is 2.08. The number of carbonyl (C=O) groups excluding carboxylic acids is 3. The van der Waals surface area contributed by atoms with Gasteiger partial charge in [-0.3, -0.25) is 23.7 Å². The summed E-state index contributed by atoms with van der Waals surface area (Å²) < 4.78 is 6.01. The van der Waals surface area contributed by atoms with Gasteiger partial charge in [0.15, 0.2) is 6.61 Å². The van der Waals surface area contributed by atoms with E-state index in [0.29, 0.717) is 16.8 Å². The predicted octanol–water partition coefficient (Wildman–Crippen LogP) is 0.260. The third-order valence-electron chi connectivity index (χ3n) is 3.84. The second kappa shape index (κ2) is 9.26. The number of fused-ring (bicyclic) bond motifs is 1. The fourth-order valence-corrected chi connectivity index (χ4v) is 3.26. The first-order chi connectivity index (χ1) is 12.8. The van der Waals surface area contributed by atoms with Crippen LogP contribution in [-0.2, 0) is 25.7 Å². The van der Waals surface area contributed by atoms with Gasteiger partial charge in [0.05, 0.1) is 18.3 Å². The van der Waals surface area contributed by atoms with E-state index in [2.05, 4.69) is 15.6 Å². The molecule has 0 saturated heterocycles. The molecule has 0 fully saturated rings. The summed E-state index contributed by atoms with van der Waals surface area (Å²) in [7, 11) is 0.